The van der Waals surface area contributed by atoms with Crippen molar-refractivity contribution in [2.24, 2.45) is 0 Å². The maximum absolute atomic E-state index is 12.6. The molecule has 0 bridgehead atoms. The van der Waals surface area contributed by atoms with Gasteiger partial charge in [0.25, 0.3) is 16.8 Å². The van der Waals surface area contributed by atoms with Gasteiger partial charge in [0.05, 0.1) is 34.5 Å². The van der Waals surface area contributed by atoms with Crippen LogP contribution in [0.15, 0.2) is 33.6 Å². The average Bonchev–Trinajstić information content (AvgIpc) is 3.29. The number of hydrogen-bond donors (Lipinski definition) is 1. The zero-order chi connectivity index (χ0) is 22.9. The first-order valence-corrected chi connectivity index (χ1v) is 9.02. The van der Waals surface area contributed by atoms with Crippen molar-refractivity contribution in [2.75, 3.05) is 7.11 Å². The lowest BCUT2D eigenvalue weighted by Crippen LogP contribution is -2.27. The summed E-state index contributed by atoms with van der Waals surface area (Å²) < 4.78 is 9.71. The largest absolute Gasteiger partial charge is 0.502 e. The molecule has 1 saturated heterocycles. The Hall–Kier alpha value is -4.20. The third kappa shape index (κ3) is 4.23. The Morgan fingerprint density at radius 2 is 1.97 bits per heavy atom. The number of hydrogen-bond acceptors (Lipinski definition) is 11. The fourth-order valence-electron chi connectivity index (χ4n) is 2.59. The first kappa shape index (κ1) is 21.5. The summed E-state index contributed by atoms with van der Waals surface area (Å²) in [5.74, 6) is -2.48. The number of nitro groups is 2. The molecule has 0 radical (unpaired) electrons. The predicted molar refractivity (Wildman–Crippen MR) is 103 cm³/mol. The molecule has 160 valence electrons. The second kappa shape index (κ2) is 8.27. The highest BCUT2D eigenvalue weighted by Gasteiger charge is 2.36. The SMILES string of the molecule is COC(=O)c1ccc(CN2C(=O)S/C(=C/c3cc([N+](=O)[O-])cc([N+](=O)[O-])c3O)C2=O)o1. The zero-order valence-corrected chi connectivity index (χ0v) is 16.3. The standard InChI is InChI=1S/C17H11N3O10S/c1-29-16(23)12-3-2-10(30-12)7-18-15(22)13(31-17(18)24)5-8-4-9(19(25)26)6-11(14(8)21)20(27)28/h2-6,21H,7H2,1H3/b13-5+. The van der Waals surface area contributed by atoms with Gasteiger partial charge in [-0.15, -0.1) is 0 Å². The minimum atomic E-state index is -1.01. The molecule has 13 nitrogen and oxygen atoms in total. The van der Waals surface area contributed by atoms with E-state index in [4.69, 9.17) is 4.42 Å². The van der Waals surface area contributed by atoms with Crippen LogP contribution in [0.2, 0.25) is 0 Å². The van der Waals surface area contributed by atoms with Gasteiger partial charge < -0.3 is 14.3 Å². The number of thioether (sulfide) groups is 1. The van der Waals surface area contributed by atoms with Crippen molar-refractivity contribution in [1.82, 2.24) is 4.90 Å². The van der Waals surface area contributed by atoms with Crippen LogP contribution < -0.4 is 0 Å². The van der Waals surface area contributed by atoms with Crippen LogP contribution in [0.5, 0.6) is 5.75 Å². The molecule has 31 heavy (non-hydrogen) atoms. The van der Waals surface area contributed by atoms with E-state index < -0.39 is 44.1 Å². The molecule has 2 aromatic rings. The molecule has 1 aliphatic rings. The Bertz CT molecular complexity index is 1170. The van der Waals surface area contributed by atoms with E-state index in [1.54, 1.807) is 0 Å². The van der Waals surface area contributed by atoms with Gasteiger partial charge in [0.2, 0.25) is 11.5 Å². The van der Waals surface area contributed by atoms with Crippen molar-refractivity contribution in [2.45, 2.75) is 6.54 Å². The van der Waals surface area contributed by atoms with Crippen molar-refractivity contribution in [3.63, 3.8) is 0 Å². The molecule has 1 N–H and O–H groups in total. The van der Waals surface area contributed by atoms with Gasteiger partial charge >= 0.3 is 11.7 Å². The number of ether oxygens (including phenoxy) is 1. The molecule has 1 aliphatic heterocycles. The minimum absolute atomic E-state index is 0.109. The number of rotatable bonds is 6. The van der Waals surface area contributed by atoms with Crippen molar-refractivity contribution in [1.29, 1.82) is 0 Å². The molecule has 2 amide bonds. The van der Waals surface area contributed by atoms with E-state index in [9.17, 15) is 39.7 Å². The second-order valence-corrected chi connectivity index (χ2v) is 6.94. The maximum Gasteiger partial charge on any atom is 0.373 e. The Morgan fingerprint density at radius 3 is 2.58 bits per heavy atom. The van der Waals surface area contributed by atoms with E-state index in [0.717, 1.165) is 24.2 Å². The predicted octanol–water partition coefficient (Wildman–Crippen LogP) is 2.82. The number of non-ortho nitro benzene ring substituents is 1. The first-order valence-electron chi connectivity index (χ1n) is 8.20. The smallest absolute Gasteiger partial charge is 0.373 e. The van der Waals surface area contributed by atoms with Crippen LogP contribution in [0.3, 0.4) is 0 Å². The Morgan fingerprint density at radius 1 is 1.26 bits per heavy atom. The van der Waals surface area contributed by atoms with Crippen LogP contribution in [0.25, 0.3) is 6.08 Å². The summed E-state index contributed by atoms with van der Waals surface area (Å²) in [6.07, 6.45) is 0.947. The number of benzene rings is 1. The molecule has 14 heteroatoms. The summed E-state index contributed by atoms with van der Waals surface area (Å²) in [5, 5.41) is 31.4. The third-order valence-corrected chi connectivity index (χ3v) is 4.94. The van der Waals surface area contributed by atoms with Crippen LogP contribution in [-0.2, 0) is 16.1 Å². The summed E-state index contributed by atoms with van der Waals surface area (Å²) in [7, 11) is 1.15. The monoisotopic (exact) mass is 449 g/mol. The molecule has 1 aromatic carbocycles. The number of nitro benzene ring substituents is 2. The Kier molecular flexibility index (Phi) is 5.74. The number of carbonyl (C=O) groups excluding carboxylic acids is 3. The Labute approximate surface area is 176 Å². The van der Waals surface area contributed by atoms with E-state index >= 15 is 0 Å². The van der Waals surface area contributed by atoms with E-state index in [-0.39, 0.29) is 28.5 Å². The van der Waals surface area contributed by atoms with Crippen LogP contribution in [0.4, 0.5) is 16.2 Å². The van der Waals surface area contributed by atoms with Crippen molar-refractivity contribution in [3.05, 3.63) is 66.5 Å². The van der Waals surface area contributed by atoms with Crippen LogP contribution in [0, 0.1) is 20.2 Å². The normalized spacial score (nSPS) is 14.9. The topological polar surface area (TPSA) is 183 Å². The number of phenols is 1. The van der Waals surface area contributed by atoms with Gasteiger partial charge in [-0.25, -0.2) is 4.79 Å². The number of amides is 2. The quantitative estimate of drug-likeness (QED) is 0.296. The molecule has 0 atom stereocenters. The van der Waals surface area contributed by atoms with Gasteiger partial charge in [-0.05, 0) is 30.0 Å². The zero-order valence-electron chi connectivity index (χ0n) is 15.5. The number of methoxy groups -OCH3 is 1. The van der Waals surface area contributed by atoms with Gasteiger partial charge in [0.15, 0.2) is 0 Å². The number of furan rings is 1. The molecule has 0 aliphatic carbocycles. The van der Waals surface area contributed by atoms with Gasteiger partial charge in [-0.1, -0.05) is 0 Å². The van der Waals surface area contributed by atoms with Crippen molar-refractivity contribution >= 4 is 46.3 Å². The summed E-state index contributed by atoms with van der Waals surface area (Å²) >= 11 is 0.465. The molecule has 0 unspecified atom stereocenters. The average molecular weight is 449 g/mol. The molecule has 1 aromatic heterocycles. The molecule has 2 heterocycles. The lowest BCUT2D eigenvalue weighted by atomic mass is 10.1. The number of carbonyl (C=O) groups is 3. The highest BCUT2D eigenvalue weighted by Crippen LogP contribution is 2.39. The maximum atomic E-state index is 12.6. The van der Waals surface area contributed by atoms with Crippen molar-refractivity contribution < 1.29 is 38.5 Å². The van der Waals surface area contributed by atoms with Gasteiger partial charge in [0, 0.05) is 11.6 Å². The lowest BCUT2D eigenvalue weighted by molar-refractivity contribution is -0.394. The Balaban J connectivity index is 1.91. The lowest BCUT2D eigenvalue weighted by Gasteiger charge is -2.10. The number of nitrogens with zero attached hydrogens (tertiary/aromatic N) is 3. The van der Waals surface area contributed by atoms with E-state index in [1.165, 1.54) is 12.1 Å². The van der Waals surface area contributed by atoms with Gasteiger partial charge in [0.1, 0.15) is 5.76 Å². The minimum Gasteiger partial charge on any atom is -0.502 e. The van der Waals surface area contributed by atoms with Crippen LogP contribution in [-0.4, -0.2) is 44.1 Å². The summed E-state index contributed by atoms with van der Waals surface area (Å²) in [6.45, 7) is -0.319. The van der Waals surface area contributed by atoms with Crippen LogP contribution in [0.1, 0.15) is 21.9 Å². The summed E-state index contributed by atoms with van der Waals surface area (Å²) in [6, 6.07) is 4.09. The second-order valence-electron chi connectivity index (χ2n) is 5.94. The van der Waals surface area contributed by atoms with E-state index in [1.807, 2.05) is 0 Å². The molecular weight excluding hydrogens is 438 g/mol. The fourth-order valence-corrected chi connectivity index (χ4v) is 3.42. The number of aromatic hydroxyl groups is 1. The number of phenolic OH excluding ortho intramolecular Hbond substituents is 1. The first-order chi connectivity index (χ1) is 14.6. The molecular formula is C17H11N3O10S. The molecule has 0 saturated carbocycles. The van der Waals surface area contributed by atoms with Crippen molar-refractivity contribution in [3.8, 4) is 5.75 Å². The van der Waals surface area contributed by atoms with E-state index in [0.29, 0.717) is 17.8 Å². The third-order valence-electron chi connectivity index (χ3n) is 4.03. The molecule has 0 spiro atoms. The number of imide groups is 1. The highest BCUT2D eigenvalue weighted by molar-refractivity contribution is 8.18. The van der Waals surface area contributed by atoms with Gasteiger partial charge in [-0.3, -0.25) is 34.7 Å². The summed E-state index contributed by atoms with van der Waals surface area (Å²) in [5.41, 5.74) is -1.98. The highest BCUT2D eigenvalue weighted by atomic mass is 32.2. The van der Waals surface area contributed by atoms with Crippen LogP contribution >= 0.6 is 11.8 Å². The van der Waals surface area contributed by atoms with E-state index in [2.05, 4.69) is 4.74 Å². The van der Waals surface area contributed by atoms with Gasteiger partial charge in [-0.2, -0.15) is 0 Å². The fraction of sp³-hybridized carbons (Fsp3) is 0.118. The molecule has 3 rings (SSSR count). The molecule has 1 fully saturated rings. The number of esters is 1. The summed E-state index contributed by atoms with van der Waals surface area (Å²) in [4.78, 5) is 57.0.